The molecule has 1 aromatic carbocycles. The van der Waals surface area contributed by atoms with Crippen LogP contribution >= 0.6 is 0 Å². The predicted octanol–water partition coefficient (Wildman–Crippen LogP) is 0.472. The molecule has 0 atom stereocenters. The maximum absolute atomic E-state index is 11.0. The normalized spacial score (nSPS) is 9.75. The number of hydrogen-bond donors (Lipinski definition) is 2. The summed E-state index contributed by atoms with van der Waals surface area (Å²) < 4.78 is 0. The van der Waals surface area contributed by atoms with Crippen molar-refractivity contribution in [1.82, 2.24) is 0 Å². The lowest BCUT2D eigenvalue weighted by Crippen LogP contribution is -2.01. The van der Waals surface area contributed by atoms with Gasteiger partial charge in [0.2, 0.25) is 0 Å². The van der Waals surface area contributed by atoms with Crippen molar-refractivity contribution in [3.63, 3.8) is 0 Å². The van der Waals surface area contributed by atoms with Crippen LogP contribution in [0.25, 0.3) is 0 Å². The molecule has 0 aliphatic heterocycles. The van der Waals surface area contributed by atoms with Crippen LogP contribution in [0.3, 0.4) is 0 Å². The second-order valence-corrected chi connectivity index (χ2v) is 2.41. The molecule has 0 fully saturated rings. The summed E-state index contributed by atoms with van der Waals surface area (Å²) in [6.07, 6.45) is 0. The van der Waals surface area contributed by atoms with Gasteiger partial charge in [0.15, 0.2) is 0 Å². The van der Waals surface area contributed by atoms with E-state index in [-0.39, 0.29) is 5.56 Å². The number of aromatic hydroxyl groups is 1. The van der Waals surface area contributed by atoms with Crippen LogP contribution in [0.4, 0.5) is 0 Å². The minimum Gasteiger partial charge on any atom is -0.870 e. The first-order valence-corrected chi connectivity index (χ1v) is 3.27. The highest BCUT2D eigenvalue weighted by atomic mass is 16.4. The molecule has 0 saturated heterocycles. The van der Waals surface area contributed by atoms with Gasteiger partial charge in [0.05, 0.1) is 0 Å². The Morgan fingerprint density at radius 2 is 2.08 bits per heavy atom. The van der Waals surface area contributed by atoms with Crippen molar-refractivity contribution < 1.29 is 20.1 Å². The van der Waals surface area contributed by atoms with Gasteiger partial charge in [-0.25, -0.2) is 4.79 Å². The van der Waals surface area contributed by atoms with E-state index in [1.807, 2.05) is 0 Å². The summed E-state index contributed by atoms with van der Waals surface area (Å²) in [7, 11) is 0. The molecule has 0 unspecified atom stereocenters. The van der Waals surface area contributed by atoms with E-state index >= 15 is 0 Å². The maximum Gasteiger partial charge on any atom is 0.339 e. The molecule has 12 heavy (non-hydrogen) atoms. The van der Waals surface area contributed by atoms with E-state index in [1.54, 1.807) is 0 Å². The summed E-state index contributed by atoms with van der Waals surface area (Å²) in [6, 6.07) is 2.57. The number of rotatable bonds is 1. The van der Waals surface area contributed by atoms with Crippen LogP contribution in [0.2, 0.25) is 0 Å². The maximum atomic E-state index is 11.0. The lowest BCUT2D eigenvalue weighted by molar-refractivity contribution is -0.271. The van der Waals surface area contributed by atoms with E-state index in [0.29, 0.717) is 5.56 Å². The van der Waals surface area contributed by atoms with E-state index in [4.69, 9.17) is 10.2 Å². The quantitative estimate of drug-likeness (QED) is 0.637. The van der Waals surface area contributed by atoms with Gasteiger partial charge in [0.1, 0.15) is 11.3 Å². The molecule has 0 spiro atoms. The Labute approximate surface area is 68.7 Å². The summed E-state index contributed by atoms with van der Waals surface area (Å²) in [4.78, 5) is 10.4. The van der Waals surface area contributed by atoms with Gasteiger partial charge in [-0.3, -0.25) is 0 Å². The summed E-state index contributed by atoms with van der Waals surface area (Å²) in [5, 5.41) is 28.5. The van der Waals surface area contributed by atoms with Gasteiger partial charge in [-0.1, -0.05) is 17.4 Å². The van der Waals surface area contributed by atoms with Crippen molar-refractivity contribution >= 4 is 5.97 Å². The van der Waals surface area contributed by atoms with Crippen LogP contribution in [0.15, 0.2) is 12.1 Å². The van der Waals surface area contributed by atoms with Crippen molar-refractivity contribution in [2.75, 3.05) is 0 Å². The first kappa shape index (κ1) is 8.39. The number of benzene rings is 1. The molecule has 4 nitrogen and oxygen atoms in total. The summed E-state index contributed by atoms with van der Waals surface area (Å²) in [5.41, 5.74) is -0.0249. The lowest BCUT2D eigenvalue weighted by Gasteiger charge is -2.13. The second-order valence-electron chi connectivity index (χ2n) is 2.41. The first-order chi connectivity index (χ1) is 5.54. The molecule has 0 aromatic heterocycles. The molecule has 4 heteroatoms. The molecule has 1 rings (SSSR count). The fourth-order valence-electron chi connectivity index (χ4n) is 0.845. The van der Waals surface area contributed by atoms with Gasteiger partial charge in [-0.05, 0) is 13.0 Å². The molecule has 0 amide bonds. The monoisotopic (exact) mass is 167 g/mol. The average molecular weight is 167 g/mol. The number of carbonyl (C=O) groups is 1. The average Bonchev–Trinajstić information content (AvgIpc) is 2.00. The topological polar surface area (TPSA) is 80.6 Å². The van der Waals surface area contributed by atoms with E-state index in [1.165, 1.54) is 19.1 Å². The zero-order valence-corrected chi connectivity index (χ0v) is 6.37. The Kier molecular flexibility index (Phi) is 1.91. The minimum absolute atomic E-state index is 0.331. The molecule has 0 radical (unpaired) electrons. The highest BCUT2D eigenvalue weighted by Gasteiger charge is 2.09. The number of aryl methyl sites for hydroxylation is 1. The van der Waals surface area contributed by atoms with E-state index in [2.05, 4.69) is 0 Å². The van der Waals surface area contributed by atoms with Gasteiger partial charge in [0, 0.05) is 0 Å². The van der Waals surface area contributed by atoms with Crippen molar-refractivity contribution in [2.45, 2.75) is 6.92 Å². The van der Waals surface area contributed by atoms with E-state index in [9.17, 15) is 9.90 Å². The summed E-state index contributed by atoms with van der Waals surface area (Å²) >= 11 is 0. The first-order valence-electron chi connectivity index (χ1n) is 3.27. The van der Waals surface area contributed by atoms with Crippen LogP contribution in [-0.2, 0) is 0 Å². The molecule has 1 aromatic rings. The molecule has 0 aliphatic carbocycles. The molecule has 0 bridgehead atoms. The summed E-state index contributed by atoms with van der Waals surface area (Å²) in [6.45, 7) is 1.51. The highest BCUT2D eigenvalue weighted by molar-refractivity contribution is 5.91. The van der Waals surface area contributed by atoms with Gasteiger partial charge >= 0.3 is 5.97 Å². The predicted molar refractivity (Wildman–Crippen MR) is 39.2 cm³/mol. The second kappa shape index (κ2) is 2.73. The fraction of sp³-hybridized carbons (Fsp3) is 0.125. The smallest absolute Gasteiger partial charge is 0.339 e. The van der Waals surface area contributed by atoms with E-state index < -0.39 is 17.5 Å². The van der Waals surface area contributed by atoms with E-state index in [0.717, 1.165) is 0 Å². The molecule has 0 heterocycles. The Bertz CT molecular complexity index is 330. The third-order valence-electron chi connectivity index (χ3n) is 1.56. The molecular formula is C8H7O4-. The Morgan fingerprint density at radius 3 is 2.58 bits per heavy atom. The highest BCUT2D eigenvalue weighted by Crippen LogP contribution is 2.29. The number of aromatic carboxylic acids is 1. The number of phenols is 1. The van der Waals surface area contributed by atoms with Crippen molar-refractivity contribution in [3.05, 3.63) is 23.3 Å². The van der Waals surface area contributed by atoms with Gasteiger partial charge in [-0.2, -0.15) is 0 Å². The lowest BCUT2D eigenvalue weighted by atomic mass is 10.1. The SMILES string of the molecule is Cc1ccc(C(=O)O)c(O)c1[O-]. The van der Waals surface area contributed by atoms with Gasteiger partial charge < -0.3 is 15.3 Å². The zero-order valence-electron chi connectivity index (χ0n) is 6.37. The Morgan fingerprint density at radius 1 is 1.50 bits per heavy atom. The van der Waals surface area contributed by atoms with Crippen LogP contribution in [0.1, 0.15) is 15.9 Å². The molecule has 64 valence electrons. The Hall–Kier alpha value is -1.71. The van der Waals surface area contributed by atoms with Crippen LogP contribution < -0.4 is 5.11 Å². The van der Waals surface area contributed by atoms with Crippen LogP contribution in [-0.4, -0.2) is 16.2 Å². The number of carboxylic acid groups (broad SMARTS) is 1. The summed E-state index contributed by atoms with van der Waals surface area (Å²) in [5.74, 6) is -2.62. The third-order valence-corrected chi connectivity index (χ3v) is 1.56. The number of hydrogen-bond acceptors (Lipinski definition) is 3. The van der Waals surface area contributed by atoms with Crippen LogP contribution in [0, 0.1) is 6.92 Å². The fourth-order valence-corrected chi connectivity index (χ4v) is 0.845. The van der Waals surface area contributed by atoms with Gasteiger partial charge in [-0.15, -0.1) is 0 Å². The van der Waals surface area contributed by atoms with Crippen molar-refractivity contribution in [2.24, 2.45) is 0 Å². The number of carboxylic acids is 1. The standard InChI is InChI=1S/C8H8O4/c1-4-2-3-5(8(11)12)7(10)6(4)9/h2-3,9-10H,1H3,(H,11,12)/p-1. The molecule has 0 saturated carbocycles. The third kappa shape index (κ3) is 1.18. The molecule has 0 aliphatic rings. The Balaban J connectivity index is 3.36. The van der Waals surface area contributed by atoms with Crippen LogP contribution in [0.5, 0.6) is 11.5 Å². The minimum atomic E-state index is -1.30. The largest absolute Gasteiger partial charge is 0.870 e. The molecular weight excluding hydrogens is 160 g/mol. The zero-order chi connectivity index (χ0) is 9.30. The van der Waals surface area contributed by atoms with Gasteiger partial charge in [0.25, 0.3) is 0 Å². The van der Waals surface area contributed by atoms with Crippen molar-refractivity contribution in [3.8, 4) is 11.5 Å². The van der Waals surface area contributed by atoms with Crippen molar-refractivity contribution in [1.29, 1.82) is 0 Å². The molecule has 2 N–H and O–H groups in total.